The van der Waals surface area contributed by atoms with Crippen LogP contribution in [0, 0.1) is 19.7 Å². The van der Waals surface area contributed by atoms with Crippen molar-refractivity contribution in [2.75, 3.05) is 13.2 Å². The lowest BCUT2D eigenvalue weighted by molar-refractivity contribution is 0.183. The average Bonchev–Trinajstić information content (AvgIpc) is 3.30. The third kappa shape index (κ3) is 3.05. The molecule has 3 rings (SSSR count). The van der Waals surface area contributed by atoms with Crippen LogP contribution < -0.4 is 0 Å². The molecule has 4 nitrogen and oxygen atoms in total. The van der Waals surface area contributed by atoms with E-state index < -0.39 is 0 Å². The van der Waals surface area contributed by atoms with Crippen LogP contribution in [0.15, 0.2) is 24.3 Å². The summed E-state index contributed by atoms with van der Waals surface area (Å²) in [5, 5.41) is 13.8. The number of aliphatic hydroxyl groups is 1. The number of aromatic nitrogens is 2. The number of halogens is 1. The van der Waals surface area contributed by atoms with Gasteiger partial charge in [0.15, 0.2) is 0 Å². The van der Waals surface area contributed by atoms with Gasteiger partial charge in [-0.15, -0.1) is 0 Å². The van der Waals surface area contributed by atoms with Gasteiger partial charge in [-0.05, 0) is 51.0 Å². The van der Waals surface area contributed by atoms with Gasteiger partial charge in [0.2, 0.25) is 0 Å². The Kier molecular flexibility index (Phi) is 4.27. The van der Waals surface area contributed by atoms with Crippen molar-refractivity contribution in [2.45, 2.75) is 39.3 Å². The first-order valence-corrected chi connectivity index (χ1v) is 7.76. The predicted octanol–water partition coefficient (Wildman–Crippen LogP) is 2.58. The Bertz CT molecular complexity index is 647. The van der Waals surface area contributed by atoms with Crippen molar-refractivity contribution in [3.63, 3.8) is 0 Å². The second-order valence-electron chi connectivity index (χ2n) is 5.96. The molecule has 22 heavy (non-hydrogen) atoms. The van der Waals surface area contributed by atoms with E-state index in [9.17, 15) is 9.50 Å². The summed E-state index contributed by atoms with van der Waals surface area (Å²) in [4.78, 5) is 2.33. The summed E-state index contributed by atoms with van der Waals surface area (Å²) in [5.41, 5.74) is 4.14. The maximum atomic E-state index is 13.1. The highest BCUT2D eigenvalue weighted by Crippen LogP contribution is 2.29. The standard InChI is InChI=1S/C17H22FN3O/c1-12-17(11-20(9-10-22)15-7-8-15)13(2)21(19-12)16-5-3-14(18)4-6-16/h3-6,15,22H,7-11H2,1-2H3. The fourth-order valence-electron chi connectivity index (χ4n) is 2.90. The van der Waals surface area contributed by atoms with Crippen molar-refractivity contribution in [3.8, 4) is 5.69 Å². The maximum absolute atomic E-state index is 13.1. The molecule has 1 aliphatic carbocycles. The van der Waals surface area contributed by atoms with Crippen LogP contribution in [0.4, 0.5) is 4.39 Å². The highest BCUT2D eigenvalue weighted by Gasteiger charge is 2.29. The Morgan fingerprint density at radius 1 is 1.27 bits per heavy atom. The molecular weight excluding hydrogens is 281 g/mol. The highest BCUT2D eigenvalue weighted by atomic mass is 19.1. The van der Waals surface area contributed by atoms with Crippen LogP contribution in [0.25, 0.3) is 5.69 Å². The maximum Gasteiger partial charge on any atom is 0.123 e. The van der Waals surface area contributed by atoms with Crippen molar-refractivity contribution >= 4 is 0 Å². The van der Waals surface area contributed by atoms with E-state index in [-0.39, 0.29) is 12.4 Å². The molecule has 1 aromatic carbocycles. The zero-order valence-electron chi connectivity index (χ0n) is 13.1. The normalized spacial score (nSPS) is 14.8. The minimum atomic E-state index is -0.242. The van der Waals surface area contributed by atoms with E-state index in [0.717, 1.165) is 23.6 Å². The predicted molar refractivity (Wildman–Crippen MR) is 83.5 cm³/mol. The number of aryl methyl sites for hydroxylation is 1. The van der Waals surface area contributed by atoms with Crippen LogP contribution in [-0.2, 0) is 6.54 Å². The third-order valence-electron chi connectivity index (χ3n) is 4.32. The van der Waals surface area contributed by atoms with Crippen LogP contribution in [-0.4, -0.2) is 39.0 Å². The summed E-state index contributed by atoms with van der Waals surface area (Å²) < 4.78 is 14.9. The summed E-state index contributed by atoms with van der Waals surface area (Å²) in [7, 11) is 0. The number of benzene rings is 1. The molecule has 118 valence electrons. The Morgan fingerprint density at radius 2 is 1.95 bits per heavy atom. The third-order valence-corrected chi connectivity index (χ3v) is 4.32. The van der Waals surface area contributed by atoms with Crippen molar-refractivity contribution in [1.82, 2.24) is 14.7 Å². The van der Waals surface area contributed by atoms with Gasteiger partial charge in [-0.2, -0.15) is 5.10 Å². The van der Waals surface area contributed by atoms with E-state index in [1.54, 1.807) is 12.1 Å². The molecule has 0 amide bonds. The molecule has 0 unspecified atom stereocenters. The fourth-order valence-corrected chi connectivity index (χ4v) is 2.90. The molecular formula is C17H22FN3O. The van der Waals surface area contributed by atoms with Gasteiger partial charge in [0.05, 0.1) is 18.0 Å². The number of rotatable bonds is 6. The lowest BCUT2D eigenvalue weighted by atomic mass is 10.1. The van der Waals surface area contributed by atoms with Crippen molar-refractivity contribution in [3.05, 3.63) is 47.0 Å². The van der Waals surface area contributed by atoms with E-state index in [1.807, 2.05) is 18.5 Å². The Morgan fingerprint density at radius 3 is 2.55 bits per heavy atom. The number of hydrogen-bond acceptors (Lipinski definition) is 3. The van der Waals surface area contributed by atoms with Gasteiger partial charge in [-0.3, -0.25) is 4.90 Å². The molecule has 0 bridgehead atoms. The molecule has 0 saturated heterocycles. The van der Waals surface area contributed by atoms with Gasteiger partial charge in [0.25, 0.3) is 0 Å². The quantitative estimate of drug-likeness (QED) is 0.892. The van der Waals surface area contributed by atoms with Gasteiger partial charge < -0.3 is 5.11 Å². The molecule has 0 spiro atoms. The summed E-state index contributed by atoms with van der Waals surface area (Å²) in [6.45, 7) is 5.74. The zero-order valence-corrected chi connectivity index (χ0v) is 13.1. The van der Waals surface area contributed by atoms with Gasteiger partial charge in [-0.1, -0.05) is 0 Å². The van der Waals surface area contributed by atoms with Gasteiger partial charge in [-0.25, -0.2) is 9.07 Å². The topological polar surface area (TPSA) is 41.3 Å². The first kappa shape index (κ1) is 15.2. The van der Waals surface area contributed by atoms with Crippen LogP contribution in [0.3, 0.4) is 0 Å². The van der Waals surface area contributed by atoms with E-state index in [0.29, 0.717) is 12.6 Å². The highest BCUT2D eigenvalue weighted by molar-refractivity contribution is 5.37. The fraction of sp³-hybridized carbons (Fsp3) is 0.471. The van der Waals surface area contributed by atoms with Crippen molar-refractivity contribution < 1.29 is 9.50 Å². The van der Waals surface area contributed by atoms with E-state index >= 15 is 0 Å². The van der Waals surface area contributed by atoms with E-state index in [4.69, 9.17) is 0 Å². The second-order valence-corrected chi connectivity index (χ2v) is 5.96. The lowest BCUT2D eigenvalue weighted by Crippen LogP contribution is -2.29. The van der Waals surface area contributed by atoms with E-state index in [1.165, 1.54) is 30.5 Å². The molecule has 1 saturated carbocycles. The molecule has 0 aliphatic heterocycles. The minimum Gasteiger partial charge on any atom is -0.395 e. The number of aliphatic hydroxyl groups excluding tert-OH is 1. The molecule has 2 aromatic rings. The summed E-state index contributed by atoms with van der Waals surface area (Å²) >= 11 is 0. The summed E-state index contributed by atoms with van der Waals surface area (Å²) in [6.07, 6.45) is 2.42. The molecule has 0 radical (unpaired) electrons. The largest absolute Gasteiger partial charge is 0.395 e. The van der Waals surface area contributed by atoms with Gasteiger partial charge in [0, 0.05) is 30.4 Å². The molecule has 0 atom stereocenters. The molecule has 1 fully saturated rings. The van der Waals surface area contributed by atoms with Crippen LogP contribution in [0.5, 0.6) is 0 Å². The molecule has 1 N–H and O–H groups in total. The minimum absolute atomic E-state index is 0.181. The smallest absolute Gasteiger partial charge is 0.123 e. The van der Waals surface area contributed by atoms with Crippen LogP contribution in [0.1, 0.15) is 29.8 Å². The molecule has 5 heteroatoms. The van der Waals surface area contributed by atoms with Crippen molar-refractivity contribution in [1.29, 1.82) is 0 Å². The Labute approximate surface area is 130 Å². The summed E-state index contributed by atoms with van der Waals surface area (Å²) in [6, 6.07) is 6.98. The average molecular weight is 303 g/mol. The zero-order chi connectivity index (χ0) is 15.7. The molecule has 1 aliphatic rings. The first-order valence-electron chi connectivity index (χ1n) is 7.76. The van der Waals surface area contributed by atoms with E-state index in [2.05, 4.69) is 10.00 Å². The molecule has 1 heterocycles. The summed E-state index contributed by atoms with van der Waals surface area (Å²) in [5.74, 6) is -0.242. The van der Waals surface area contributed by atoms with Gasteiger partial charge >= 0.3 is 0 Å². The second kappa shape index (κ2) is 6.18. The number of nitrogens with zero attached hydrogens (tertiary/aromatic N) is 3. The van der Waals surface area contributed by atoms with Crippen molar-refractivity contribution in [2.24, 2.45) is 0 Å². The SMILES string of the molecule is Cc1nn(-c2ccc(F)cc2)c(C)c1CN(CCO)C1CC1. The van der Waals surface area contributed by atoms with Crippen LogP contribution in [0.2, 0.25) is 0 Å². The monoisotopic (exact) mass is 303 g/mol. The lowest BCUT2D eigenvalue weighted by Gasteiger charge is -2.21. The Hall–Kier alpha value is -1.72. The molecule has 1 aromatic heterocycles. The van der Waals surface area contributed by atoms with Crippen LogP contribution >= 0.6 is 0 Å². The number of hydrogen-bond donors (Lipinski definition) is 1. The first-order chi connectivity index (χ1) is 10.6. The Balaban J connectivity index is 1.87. The van der Waals surface area contributed by atoms with Gasteiger partial charge in [0.1, 0.15) is 5.82 Å².